The van der Waals surface area contributed by atoms with Crippen LogP contribution in [-0.2, 0) is 10.1 Å². The molecule has 6 nitrogen and oxygen atoms in total. The molecule has 1 amide bonds. The molecular weight excluding hydrogens is 220 g/mol. The van der Waals surface area contributed by atoms with Crippen molar-refractivity contribution >= 4 is 16.0 Å². The molecule has 0 unspecified atom stereocenters. The molecule has 1 heterocycles. The van der Waals surface area contributed by atoms with E-state index in [1.165, 1.54) is 24.5 Å². The van der Waals surface area contributed by atoms with Crippen LogP contribution in [0.25, 0.3) is 0 Å². The van der Waals surface area contributed by atoms with Crippen LogP contribution >= 0.6 is 0 Å². The third-order valence-electron chi connectivity index (χ3n) is 1.59. The van der Waals surface area contributed by atoms with E-state index in [9.17, 15) is 13.2 Å². The molecule has 0 radical (unpaired) electrons. The van der Waals surface area contributed by atoms with E-state index < -0.39 is 21.8 Å². The molecule has 0 saturated carbocycles. The van der Waals surface area contributed by atoms with Crippen LogP contribution in [0.4, 0.5) is 0 Å². The first-order chi connectivity index (χ1) is 6.99. The molecule has 82 valence electrons. The van der Waals surface area contributed by atoms with Gasteiger partial charge in [0.15, 0.2) is 0 Å². The van der Waals surface area contributed by atoms with E-state index in [0.717, 1.165) is 0 Å². The van der Waals surface area contributed by atoms with Gasteiger partial charge in [0.1, 0.15) is 0 Å². The number of aromatic nitrogens is 1. The van der Waals surface area contributed by atoms with Gasteiger partial charge in [-0.25, -0.2) is 0 Å². The maximum Gasteiger partial charge on any atom is 0.266 e. The highest BCUT2D eigenvalue weighted by atomic mass is 32.2. The molecule has 1 aromatic heterocycles. The highest BCUT2D eigenvalue weighted by Gasteiger charge is 2.07. The largest absolute Gasteiger partial charge is 0.351 e. The van der Waals surface area contributed by atoms with Gasteiger partial charge < -0.3 is 5.32 Å². The first-order valence-electron chi connectivity index (χ1n) is 4.12. The van der Waals surface area contributed by atoms with Crippen molar-refractivity contribution in [1.82, 2.24) is 10.3 Å². The number of rotatable bonds is 4. The fourth-order valence-electron chi connectivity index (χ4n) is 0.899. The minimum atomic E-state index is -4.03. The molecule has 0 spiro atoms. The average molecular weight is 230 g/mol. The van der Waals surface area contributed by atoms with Gasteiger partial charge in [-0.15, -0.1) is 0 Å². The predicted molar refractivity (Wildman–Crippen MR) is 53.0 cm³/mol. The zero-order chi connectivity index (χ0) is 11.3. The maximum atomic E-state index is 11.3. The van der Waals surface area contributed by atoms with E-state index >= 15 is 0 Å². The van der Waals surface area contributed by atoms with Crippen LogP contribution in [0.15, 0.2) is 24.5 Å². The van der Waals surface area contributed by atoms with Gasteiger partial charge in [-0.3, -0.25) is 14.3 Å². The van der Waals surface area contributed by atoms with Gasteiger partial charge in [-0.2, -0.15) is 8.42 Å². The van der Waals surface area contributed by atoms with E-state index in [1.807, 2.05) is 0 Å². The Labute approximate surface area is 87.1 Å². The smallest absolute Gasteiger partial charge is 0.266 e. The number of nitrogens with one attached hydrogen (secondary N) is 1. The van der Waals surface area contributed by atoms with Crippen molar-refractivity contribution in [3.63, 3.8) is 0 Å². The zero-order valence-corrected chi connectivity index (χ0v) is 8.57. The number of carbonyl (C=O) groups is 1. The molecule has 15 heavy (non-hydrogen) atoms. The van der Waals surface area contributed by atoms with E-state index in [0.29, 0.717) is 5.56 Å². The normalized spacial score (nSPS) is 11.0. The van der Waals surface area contributed by atoms with Crippen molar-refractivity contribution in [2.24, 2.45) is 0 Å². The molecule has 1 aromatic rings. The van der Waals surface area contributed by atoms with E-state index in [2.05, 4.69) is 10.3 Å². The number of hydrogen-bond acceptors (Lipinski definition) is 4. The summed E-state index contributed by atoms with van der Waals surface area (Å²) in [5.41, 5.74) is 0.389. The van der Waals surface area contributed by atoms with Gasteiger partial charge in [-0.05, 0) is 12.1 Å². The van der Waals surface area contributed by atoms with Crippen molar-refractivity contribution < 1.29 is 17.8 Å². The lowest BCUT2D eigenvalue weighted by Gasteiger charge is -2.02. The molecule has 0 aromatic carbocycles. The second-order valence-electron chi connectivity index (χ2n) is 2.78. The van der Waals surface area contributed by atoms with Gasteiger partial charge in [0.2, 0.25) is 0 Å². The van der Waals surface area contributed by atoms with Gasteiger partial charge in [0.25, 0.3) is 16.0 Å². The summed E-state index contributed by atoms with van der Waals surface area (Å²) < 4.78 is 29.1. The first kappa shape index (κ1) is 11.6. The summed E-state index contributed by atoms with van der Waals surface area (Å²) in [5, 5.41) is 2.35. The van der Waals surface area contributed by atoms with E-state index in [4.69, 9.17) is 4.55 Å². The topological polar surface area (TPSA) is 96.4 Å². The zero-order valence-electron chi connectivity index (χ0n) is 7.75. The Morgan fingerprint density at radius 1 is 1.40 bits per heavy atom. The molecule has 0 fully saturated rings. The summed E-state index contributed by atoms with van der Waals surface area (Å²) >= 11 is 0. The third-order valence-corrected chi connectivity index (χ3v) is 2.31. The average Bonchev–Trinajstić information content (AvgIpc) is 2.17. The van der Waals surface area contributed by atoms with Crippen LogP contribution in [0.5, 0.6) is 0 Å². The predicted octanol–water partition coefficient (Wildman–Crippen LogP) is -0.301. The Hall–Kier alpha value is -1.47. The highest BCUT2D eigenvalue weighted by molar-refractivity contribution is 7.85. The second kappa shape index (κ2) is 4.85. The minimum Gasteiger partial charge on any atom is -0.351 e. The number of pyridine rings is 1. The molecule has 0 bridgehead atoms. The number of nitrogens with zero attached hydrogens (tertiary/aromatic N) is 1. The van der Waals surface area contributed by atoms with Gasteiger partial charge in [0, 0.05) is 24.5 Å². The number of amides is 1. The molecular formula is C8H10N2O4S. The van der Waals surface area contributed by atoms with Crippen LogP contribution in [0.2, 0.25) is 0 Å². The minimum absolute atomic E-state index is 0.125. The second-order valence-corrected chi connectivity index (χ2v) is 4.35. The van der Waals surface area contributed by atoms with Crippen LogP contribution in [-0.4, -0.2) is 36.2 Å². The molecule has 0 aliphatic rings. The van der Waals surface area contributed by atoms with Gasteiger partial charge in [0.05, 0.1) is 5.75 Å². The SMILES string of the molecule is O=C(NCCS(=O)(=O)O)c1ccncc1. The van der Waals surface area contributed by atoms with Crippen molar-refractivity contribution in [3.8, 4) is 0 Å². The monoisotopic (exact) mass is 230 g/mol. The van der Waals surface area contributed by atoms with Gasteiger partial charge in [-0.1, -0.05) is 0 Å². The lowest BCUT2D eigenvalue weighted by Crippen LogP contribution is -2.28. The summed E-state index contributed by atoms with van der Waals surface area (Å²) in [7, 11) is -4.03. The maximum absolute atomic E-state index is 11.3. The molecule has 0 saturated heterocycles. The lowest BCUT2D eigenvalue weighted by atomic mass is 10.2. The summed E-state index contributed by atoms with van der Waals surface area (Å²) in [6.45, 7) is -0.125. The van der Waals surface area contributed by atoms with Crippen LogP contribution in [0, 0.1) is 0 Å². The van der Waals surface area contributed by atoms with Crippen molar-refractivity contribution in [3.05, 3.63) is 30.1 Å². The molecule has 0 atom stereocenters. The number of hydrogen-bond donors (Lipinski definition) is 2. The number of carbonyl (C=O) groups excluding carboxylic acids is 1. The fraction of sp³-hybridized carbons (Fsp3) is 0.250. The molecule has 7 heteroatoms. The van der Waals surface area contributed by atoms with Crippen molar-refractivity contribution in [2.75, 3.05) is 12.3 Å². The summed E-state index contributed by atoms with van der Waals surface area (Å²) in [4.78, 5) is 15.0. The Morgan fingerprint density at radius 2 is 2.00 bits per heavy atom. The molecule has 2 N–H and O–H groups in total. The Kier molecular flexibility index (Phi) is 3.75. The van der Waals surface area contributed by atoms with Crippen LogP contribution < -0.4 is 5.32 Å². The Bertz CT molecular complexity index is 429. The molecule has 0 aliphatic heterocycles. The first-order valence-corrected chi connectivity index (χ1v) is 5.73. The standard InChI is InChI=1S/C8H10N2O4S/c11-8(7-1-3-9-4-2-7)10-5-6-15(12,13)14/h1-4H,5-6H2,(H,10,11)(H,12,13,14). The van der Waals surface area contributed by atoms with Crippen molar-refractivity contribution in [2.45, 2.75) is 0 Å². The summed E-state index contributed by atoms with van der Waals surface area (Å²) in [6, 6.07) is 3.01. The Balaban J connectivity index is 2.45. The summed E-state index contributed by atoms with van der Waals surface area (Å²) in [5.74, 6) is -0.898. The lowest BCUT2D eigenvalue weighted by molar-refractivity contribution is 0.0956. The quantitative estimate of drug-likeness (QED) is 0.692. The highest BCUT2D eigenvalue weighted by Crippen LogP contribution is 1.95. The van der Waals surface area contributed by atoms with E-state index in [-0.39, 0.29) is 6.54 Å². The third kappa shape index (κ3) is 4.52. The fourth-order valence-corrected chi connectivity index (χ4v) is 1.26. The Morgan fingerprint density at radius 3 is 2.53 bits per heavy atom. The van der Waals surface area contributed by atoms with Gasteiger partial charge >= 0.3 is 0 Å². The summed E-state index contributed by atoms with van der Waals surface area (Å²) in [6.07, 6.45) is 2.91. The molecule has 1 rings (SSSR count). The van der Waals surface area contributed by atoms with E-state index in [1.54, 1.807) is 0 Å². The van der Waals surface area contributed by atoms with Crippen molar-refractivity contribution in [1.29, 1.82) is 0 Å². The molecule has 0 aliphatic carbocycles. The van der Waals surface area contributed by atoms with Crippen LogP contribution in [0.1, 0.15) is 10.4 Å². The van der Waals surface area contributed by atoms with Crippen LogP contribution in [0.3, 0.4) is 0 Å².